The maximum absolute atomic E-state index is 13.0. The van der Waals surface area contributed by atoms with Crippen LogP contribution in [0, 0.1) is 0 Å². The maximum atomic E-state index is 13.0. The minimum atomic E-state index is -4.58. The molecule has 8 nitrogen and oxygen atoms in total. The summed E-state index contributed by atoms with van der Waals surface area (Å²) in [6.07, 6.45) is -6.09. The molecular weight excluding hydrogens is 554 g/mol. The summed E-state index contributed by atoms with van der Waals surface area (Å²) in [4.78, 5) is 23.7. The highest BCUT2D eigenvalue weighted by Gasteiger charge is 2.32. The van der Waals surface area contributed by atoms with Gasteiger partial charge in [0, 0.05) is 11.8 Å². The predicted molar refractivity (Wildman–Crippen MR) is 130 cm³/mol. The quantitative estimate of drug-likeness (QED) is 0.218. The van der Waals surface area contributed by atoms with E-state index < -0.39 is 29.5 Å². The van der Waals surface area contributed by atoms with E-state index in [1.165, 1.54) is 36.7 Å². The summed E-state index contributed by atoms with van der Waals surface area (Å²) >= 11 is 5.82. The van der Waals surface area contributed by atoms with Crippen molar-refractivity contribution < 1.29 is 35.9 Å². The molecule has 2 amide bonds. The van der Waals surface area contributed by atoms with Crippen LogP contribution in [0.4, 0.5) is 48.3 Å². The van der Waals surface area contributed by atoms with Crippen molar-refractivity contribution >= 4 is 34.8 Å². The number of amides is 2. The van der Waals surface area contributed by atoms with Crippen molar-refractivity contribution in [2.45, 2.75) is 12.4 Å². The Morgan fingerprint density at radius 2 is 1.46 bits per heavy atom. The summed E-state index contributed by atoms with van der Waals surface area (Å²) in [6.45, 7) is 0. The summed E-state index contributed by atoms with van der Waals surface area (Å²) in [5.74, 6) is 0.181. The van der Waals surface area contributed by atoms with Gasteiger partial charge in [-0.05, 0) is 42.0 Å². The van der Waals surface area contributed by atoms with Gasteiger partial charge >= 0.3 is 24.4 Å². The van der Waals surface area contributed by atoms with E-state index in [1.54, 1.807) is 0 Å². The second-order valence-corrected chi connectivity index (χ2v) is 8.21. The van der Waals surface area contributed by atoms with E-state index in [2.05, 4.69) is 25.6 Å². The van der Waals surface area contributed by atoms with Crippen molar-refractivity contribution in [2.75, 3.05) is 16.4 Å². The van der Waals surface area contributed by atoms with E-state index in [0.29, 0.717) is 17.8 Å². The molecule has 0 aliphatic heterocycles. The molecule has 0 atom stereocenters. The number of anilines is 3. The zero-order valence-electron chi connectivity index (χ0n) is 19.2. The number of hydrogen-bond acceptors (Lipinski definition) is 6. The number of urea groups is 1. The summed E-state index contributed by atoms with van der Waals surface area (Å²) in [7, 11) is 0. The molecule has 2 aromatic carbocycles. The van der Waals surface area contributed by atoms with Crippen LogP contribution in [0.15, 0.2) is 67.1 Å². The van der Waals surface area contributed by atoms with Gasteiger partial charge in [-0.15, -0.1) is 0 Å². The molecule has 0 aliphatic carbocycles. The first kappa shape index (κ1) is 27.4. The van der Waals surface area contributed by atoms with Crippen LogP contribution in [-0.4, -0.2) is 21.0 Å². The first-order valence-electron chi connectivity index (χ1n) is 10.7. The smallest absolute Gasteiger partial charge is 0.417 e. The summed E-state index contributed by atoms with van der Waals surface area (Å²) in [5.41, 5.74) is 4.38. The molecule has 2 aromatic heterocycles. The Kier molecular flexibility index (Phi) is 7.49. The van der Waals surface area contributed by atoms with Gasteiger partial charge in [0.2, 0.25) is 0 Å². The normalized spacial score (nSPS) is 11.7. The number of carbonyl (C=O) groups excluding carboxylic acids is 1. The van der Waals surface area contributed by atoms with E-state index in [0.717, 1.165) is 18.2 Å². The predicted octanol–water partition coefficient (Wildman–Crippen LogP) is 7.25. The lowest BCUT2D eigenvalue weighted by Gasteiger charge is -2.12. The number of alkyl halides is 6. The minimum absolute atomic E-state index is 0.0471. The van der Waals surface area contributed by atoms with E-state index >= 15 is 0 Å². The van der Waals surface area contributed by atoms with Crippen LogP contribution in [0.5, 0.6) is 11.8 Å². The maximum Gasteiger partial charge on any atom is 0.417 e. The van der Waals surface area contributed by atoms with Crippen LogP contribution in [0.1, 0.15) is 11.1 Å². The molecule has 4 N–H and O–H groups in total. The lowest BCUT2D eigenvalue weighted by Crippen LogP contribution is -2.20. The highest BCUT2D eigenvalue weighted by atomic mass is 35.5. The highest BCUT2D eigenvalue weighted by Crippen LogP contribution is 2.35. The molecule has 202 valence electrons. The minimum Gasteiger partial charge on any atom is -0.424 e. The van der Waals surface area contributed by atoms with Gasteiger partial charge in [-0.3, -0.25) is 0 Å². The molecule has 39 heavy (non-hydrogen) atoms. The van der Waals surface area contributed by atoms with Crippen LogP contribution < -0.4 is 21.1 Å². The number of rotatable bonds is 5. The third-order valence-corrected chi connectivity index (χ3v) is 5.36. The van der Waals surface area contributed by atoms with E-state index in [4.69, 9.17) is 22.1 Å². The Bertz CT molecular complexity index is 1500. The Balaban J connectivity index is 1.37. The standard InChI is InChI=1S/C24H15ClF6N6O2/c25-18-8-13(23(26,27)28)3-6-19(18)37-21(38)36-15-10-34-22(35-11-15)39-16-4-1-12(2-5-16)17-7-14(24(29,30)31)9-33-20(17)32/h1-11H,(H2,32,33)(H2,36,37,38). The number of nitrogens with zero attached hydrogens (tertiary/aromatic N) is 3. The van der Waals surface area contributed by atoms with Crippen LogP contribution in [0.3, 0.4) is 0 Å². The zero-order valence-corrected chi connectivity index (χ0v) is 20.0. The highest BCUT2D eigenvalue weighted by molar-refractivity contribution is 6.33. The van der Waals surface area contributed by atoms with Gasteiger partial charge in [-0.25, -0.2) is 19.7 Å². The first-order chi connectivity index (χ1) is 18.3. The van der Waals surface area contributed by atoms with Crippen molar-refractivity contribution in [3.63, 3.8) is 0 Å². The molecule has 0 bridgehead atoms. The van der Waals surface area contributed by atoms with Crippen LogP contribution in [0.25, 0.3) is 11.1 Å². The Morgan fingerprint density at radius 1 is 0.821 bits per heavy atom. The van der Waals surface area contributed by atoms with Crippen LogP contribution >= 0.6 is 11.6 Å². The molecule has 15 heteroatoms. The Labute approximate surface area is 220 Å². The first-order valence-corrected chi connectivity index (χ1v) is 11.1. The fourth-order valence-corrected chi connectivity index (χ4v) is 3.41. The van der Waals surface area contributed by atoms with Gasteiger partial charge in [0.1, 0.15) is 11.6 Å². The molecule has 0 unspecified atom stereocenters. The van der Waals surface area contributed by atoms with Gasteiger partial charge in [-0.1, -0.05) is 23.7 Å². The number of halogens is 7. The van der Waals surface area contributed by atoms with Crippen molar-refractivity contribution in [3.05, 3.63) is 83.3 Å². The number of benzene rings is 2. The fourth-order valence-electron chi connectivity index (χ4n) is 3.18. The Morgan fingerprint density at radius 3 is 2.05 bits per heavy atom. The van der Waals surface area contributed by atoms with E-state index in [1.807, 2.05) is 0 Å². The lowest BCUT2D eigenvalue weighted by atomic mass is 10.0. The number of nitrogen functional groups attached to an aromatic ring is 1. The molecule has 0 aliphatic rings. The number of ether oxygens (including phenoxy) is 1. The number of pyridine rings is 1. The second-order valence-electron chi connectivity index (χ2n) is 7.81. The third kappa shape index (κ3) is 6.84. The molecular formula is C24H15ClF6N6O2. The van der Waals surface area contributed by atoms with Crippen LogP contribution in [-0.2, 0) is 12.4 Å². The molecule has 0 saturated carbocycles. The van der Waals surface area contributed by atoms with E-state index in [-0.39, 0.29) is 39.5 Å². The molecule has 4 aromatic rings. The molecule has 0 radical (unpaired) electrons. The van der Waals surface area contributed by atoms with Crippen molar-refractivity contribution in [2.24, 2.45) is 0 Å². The largest absolute Gasteiger partial charge is 0.424 e. The molecule has 4 rings (SSSR count). The summed E-state index contributed by atoms with van der Waals surface area (Å²) in [5, 5.41) is 4.40. The molecule has 0 fully saturated rings. The van der Waals surface area contributed by atoms with Gasteiger partial charge in [0.25, 0.3) is 0 Å². The number of carbonyl (C=O) groups is 1. The second kappa shape index (κ2) is 10.6. The number of aromatic nitrogens is 3. The van der Waals surface area contributed by atoms with E-state index in [9.17, 15) is 31.1 Å². The van der Waals surface area contributed by atoms with Crippen molar-refractivity contribution in [3.8, 4) is 22.9 Å². The zero-order chi connectivity index (χ0) is 28.4. The Hall–Kier alpha value is -4.59. The van der Waals surface area contributed by atoms with Crippen LogP contribution in [0.2, 0.25) is 5.02 Å². The summed E-state index contributed by atoms with van der Waals surface area (Å²) < 4.78 is 82.8. The average Bonchev–Trinajstić information content (AvgIpc) is 2.86. The SMILES string of the molecule is Nc1ncc(C(F)(F)F)cc1-c1ccc(Oc2ncc(NC(=O)Nc3ccc(C(F)(F)F)cc3Cl)cn2)cc1. The van der Waals surface area contributed by atoms with Crippen molar-refractivity contribution in [1.82, 2.24) is 15.0 Å². The van der Waals surface area contributed by atoms with Gasteiger partial charge in [-0.2, -0.15) is 26.3 Å². The number of nitrogens with two attached hydrogens (primary N) is 1. The average molecular weight is 569 g/mol. The fraction of sp³-hybridized carbons (Fsp3) is 0.0833. The number of nitrogens with one attached hydrogen (secondary N) is 2. The number of hydrogen-bond donors (Lipinski definition) is 3. The molecule has 0 spiro atoms. The van der Waals surface area contributed by atoms with Gasteiger partial charge in [0.15, 0.2) is 0 Å². The lowest BCUT2D eigenvalue weighted by molar-refractivity contribution is -0.138. The monoisotopic (exact) mass is 568 g/mol. The molecule has 0 saturated heterocycles. The van der Waals surface area contributed by atoms with Crippen molar-refractivity contribution in [1.29, 1.82) is 0 Å². The van der Waals surface area contributed by atoms with Gasteiger partial charge < -0.3 is 21.1 Å². The van der Waals surface area contributed by atoms with Gasteiger partial charge in [0.05, 0.1) is 39.9 Å². The third-order valence-electron chi connectivity index (χ3n) is 5.05. The summed E-state index contributed by atoms with van der Waals surface area (Å²) in [6, 6.07) is 8.34. The molecule has 2 heterocycles. The topological polar surface area (TPSA) is 115 Å².